The highest BCUT2D eigenvalue weighted by Gasteiger charge is 2.32. The first kappa shape index (κ1) is 18.4. The molecule has 0 N–H and O–H groups in total. The number of anilines is 2. The number of allylic oxidation sites excluding steroid dienone is 4. The van der Waals surface area contributed by atoms with E-state index in [1.54, 1.807) is 9.80 Å². The minimum absolute atomic E-state index is 0.0552. The number of hydrogen-bond donors (Lipinski definition) is 0. The third kappa shape index (κ3) is 4.14. The fourth-order valence-electron chi connectivity index (χ4n) is 3.44. The van der Waals surface area contributed by atoms with Gasteiger partial charge < -0.3 is 14.4 Å². The number of cyclic esters (lactones) is 1. The minimum atomic E-state index is -0.368. The fraction of sp³-hybridized carbons (Fsp3) is 0.381. The summed E-state index contributed by atoms with van der Waals surface area (Å²) in [7, 11) is 0. The molecule has 7 heteroatoms. The smallest absolute Gasteiger partial charge is 0.414 e. The van der Waals surface area contributed by atoms with Crippen LogP contribution in [-0.2, 0) is 14.3 Å². The highest BCUT2D eigenvalue weighted by molar-refractivity contribution is 5.95. The zero-order valence-corrected chi connectivity index (χ0v) is 15.6. The van der Waals surface area contributed by atoms with Crippen molar-refractivity contribution in [3.63, 3.8) is 0 Å². The number of carbonyl (C=O) groups is 2. The molecule has 2 amide bonds. The van der Waals surface area contributed by atoms with Crippen molar-refractivity contribution in [1.29, 1.82) is 0 Å². The number of hydrogen-bond acceptors (Lipinski definition) is 5. The lowest BCUT2D eigenvalue weighted by Crippen LogP contribution is -2.41. The lowest BCUT2D eigenvalue weighted by atomic mass is 10.1. The molecule has 1 aliphatic carbocycles. The number of morpholine rings is 1. The van der Waals surface area contributed by atoms with Gasteiger partial charge in [0.2, 0.25) is 0 Å². The van der Waals surface area contributed by atoms with Gasteiger partial charge in [0, 0.05) is 24.1 Å². The number of nitrogens with zero attached hydrogens (tertiary/aromatic N) is 3. The van der Waals surface area contributed by atoms with E-state index in [1.165, 1.54) is 0 Å². The molecule has 0 saturated carbocycles. The molecule has 0 bridgehead atoms. The molecule has 0 spiro atoms. The third-order valence-corrected chi connectivity index (χ3v) is 4.91. The van der Waals surface area contributed by atoms with E-state index in [4.69, 9.17) is 9.47 Å². The molecule has 2 fully saturated rings. The summed E-state index contributed by atoms with van der Waals surface area (Å²) in [5, 5.41) is 0. The van der Waals surface area contributed by atoms with Crippen molar-refractivity contribution in [1.82, 2.24) is 0 Å². The van der Waals surface area contributed by atoms with Gasteiger partial charge in [-0.05, 0) is 42.7 Å². The molecule has 3 aliphatic rings. The highest BCUT2D eigenvalue weighted by atomic mass is 16.6. The van der Waals surface area contributed by atoms with Crippen LogP contribution in [0.3, 0.4) is 0 Å². The lowest BCUT2D eigenvalue weighted by molar-refractivity contribution is -0.125. The van der Waals surface area contributed by atoms with Gasteiger partial charge in [-0.2, -0.15) is 0 Å². The average Bonchev–Trinajstić information content (AvgIpc) is 3.10. The Labute approximate surface area is 163 Å². The second-order valence-corrected chi connectivity index (χ2v) is 6.91. The van der Waals surface area contributed by atoms with E-state index in [-0.39, 0.29) is 24.7 Å². The van der Waals surface area contributed by atoms with E-state index in [1.807, 2.05) is 30.5 Å². The zero-order valence-electron chi connectivity index (χ0n) is 15.6. The molecule has 4 rings (SSSR count). The van der Waals surface area contributed by atoms with E-state index in [2.05, 4.69) is 23.2 Å². The quantitative estimate of drug-likeness (QED) is 0.736. The number of rotatable bonds is 5. The number of carbonyl (C=O) groups excluding carboxylic acids is 2. The fourth-order valence-corrected chi connectivity index (χ4v) is 3.44. The Morgan fingerprint density at radius 1 is 1.11 bits per heavy atom. The van der Waals surface area contributed by atoms with Gasteiger partial charge in [0.15, 0.2) is 0 Å². The van der Waals surface area contributed by atoms with Crippen molar-refractivity contribution in [2.24, 2.45) is 4.99 Å². The topological polar surface area (TPSA) is 71.4 Å². The molecular weight excluding hydrogens is 358 g/mol. The molecule has 7 nitrogen and oxygen atoms in total. The molecular formula is C21H23N3O4. The standard InChI is InChI=1S/C21H23N3O4/c25-20-15-27-11-10-23(20)17-6-8-18(9-7-17)24-14-19(28-21(24)26)13-22-12-16-4-2-1-3-5-16/h2,4-9,12,19H,1,3,10-11,13-15H2/b22-12+/t19-/m0/s1. The molecule has 0 radical (unpaired) electrons. The molecule has 1 aromatic carbocycles. The predicted molar refractivity (Wildman–Crippen MR) is 107 cm³/mol. The second kappa shape index (κ2) is 8.39. The summed E-state index contributed by atoms with van der Waals surface area (Å²) in [6, 6.07) is 7.36. The van der Waals surface area contributed by atoms with E-state index in [0.717, 1.165) is 29.8 Å². The van der Waals surface area contributed by atoms with Crippen molar-refractivity contribution in [2.75, 3.05) is 42.6 Å². The van der Waals surface area contributed by atoms with Crippen LogP contribution < -0.4 is 9.80 Å². The molecule has 0 unspecified atom stereocenters. The molecule has 2 aliphatic heterocycles. The van der Waals surface area contributed by atoms with Crippen molar-refractivity contribution in [2.45, 2.75) is 18.9 Å². The normalized spacial score (nSPS) is 22.7. The molecule has 1 aromatic rings. The van der Waals surface area contributed by atoms with E-state index in [0.29, 0.717) is 26.2 Å². The van der Waals surface area contributed by atoms with Gasteiger partial charge in [-0.15, -0.1) is 0 Å². The van der Waals surface area contributed by atoms with Gasteiger partial charge in [0.05, 0.1) is 19.7 Å². The van der Waals surface area contributed by atoms with Crippen LogP contribution in [0.15, 0.2) is 53.1 Å². The Bertz CT molecular complexity index is 829. The van der Waals surface area contributed by atoms with E-state index in [9.17, 15) is 9.59 Å². The predicted octanol–water partition coefficient (Wildman–Crippen LogP) is 2.72. The van der Waals surface area contributed by atoms with Crippen LogP contribution in [0.4, 0.5) is 16.2 Å². The molecule has 2 saturated heterocycles. The first-order valence-electron chi connectivity index (χ1n) is 9.53. The van der Waals surface area contributed by atoms with Gasteiger partial charge >= 0.3 is 6.09 Å². The Morgan fingerprint density at radius 3 is 2.61 bits per heavy atom. The summed E-state index contributed by atoms with van der Waals surface area (Å²) in [4.78, 5) is 31.9. The molecule has 28 heavy (non-hydrogen) atoms. The Morgan fingerprint density at radius 2 is 1.89 bits per heavy atom. The molecule has 1 atom stereocenters. The van der Waals surface area contributed by atoms with E-state index < -0.39 is 0 Å². The first-order chi connectivity index (χ1) is 13.7. The molecule has 0 aromatic heterocycles. The Kier molecular flexibility index (Phi) is 5.53. The number of aliphatic imine (C=N–C) groups is 1. The third-order valence-electron chi connectivity index (χ3n) is 4.91. The van der Waals surface area contributed by atoms with Gasteiger partial charge in [-0.1, -0.05) is 18.2 Å². The van der Waals surface area contributed by atoms with Gasteiger partial charge in [-0.25, -0.2) is 4.79 Å². The monoisotopic (exact) mass is 381 g/mol. The summed E-state index contributed by atoms with van der Waals surface area (Å²) < 4.78 is 10.6. The summed E-state index contributed by atoms with van der Waals surface area (Å²) in [6.07, 6.45) is 9.65. The first-order valence-corrected chi connectivity index (χ1v) is 9.53. The highest BCUT2D eigenvalue weighted by Crippen LogP contribution is 2.25. The van der Waals surface area contributed by atoms with Crippen LogP contribution in [0.1, 0.15) is 12.8 Å². The number of ether oxygens (including phenoxy) is 2. The maximum atomic E-state index is 12.2. The molecule has 146 valence electrons. The van der Waals surface area contributed by atoms with Crippen LogP contribution in [0.2, 0.25) is 0 Å². The lowest BCUT2D eigenvalue weighted by Gasteiger charge is -2.27. The van der Waals surface area contributed by atoms with Crippen molar-refractivity contribution < 1.29 is 19.1 Å². The maximum Gasteiger partial charge on any atom is 0.414 e. The van der Waals surface area contributed by atoms with Crippen LogP contribution in [0.5, 0.6) is 0 Å². The SMILES string of the molecule is O=C1COCCN1c1ccc(N2C[C@H](C/N=C/C3=CCCC=C3)OC2=O)cc1. The largest absolute Gasteiger partial charge is 0.442 e. The number of amides is 2. The Hall–Kier alpha value is -2.93. The van der Waals surface area contributed by atoms with Crippen LogP contribution in [0, 0.1) is 0 Å². The summed E-state index contributed by atoms with van der Waals surface area (Å²) in [5.74, 6) is -0.0552. The summed E-state index contributed by atoms with van der Waals surface area (Å²) in [5.41, 5.74) is 2.65. The minimum Gasteiger partial charge on any atom is -0.442 e. The van der Waals surface area contributed by atoms with Crippen LogP contribution >= 0.6 is 0 Å². The van der Waals surface area contributed by atoms with Crippen LogP contribution in [-0.4, -0.2) is 57.2 Å². The van der Waals surface area contributed by atoms with Crippen molar-refractivity contribution in [3.05, 3.63) is 48.1 Å². The average molecular weight is 381 g/mol. The van der Waals surface area contributed by atoms with E-state index >= 15 is 0 Å². The van der Waals surface area contributed by atoms with Crippen molar-refractivity contribution >= 4 is 29.6 Å². The summed E-state index contributed by atoms with van der Waals surface area (Å²) >= 11 is 0. The summed E-state index contributed by atoms with van der Waals surface area (Å²) in [6.45, 7) is 2.07. The van der Waals surface area contributed by atoms with Gasteiger partial charge in [0.25, 0.3) is 5.91 Å². The van der Waals surface area contributed by atoms with Crippen molar-refractivity contribution in [3.8, 4) is 0 Å². The maximum absolute atomic E-state index is 12.2. The van der Waals surface area contributed by atoms with Gasteiger partial charge in [0.1, 0.15) is 12.7 Å². The van der Waals surface area contributed by atoms with Crippen LogP contribution in [0.25, 0.3) is 0 Å². The molecule has 2 heterocycles. The zero-order chi connectivity index (χ0) is 19.3. The second-order valence-electron chi connectivity index (χ2n) is 6.91. The Balaban J connectivity index is 1.36. The van der Waals surface area contributed by atoms with Gasteiger partial charge in [-0.3, -0.25) is 14.7 Å². The number of benzene rings is 1.